The summed E-state index contributed by atoms with van der Waals surface area (Å²) >= 11 is 7.70. The van der Waals surface area contributed by atoms with Crippen LogP contribution in [0.4, 0.5) is 5.69 Å². The Kier molecular flexibility index (Phi) is 8.73. The van der Waals surface area contributed by atoms with E-state index >= 15 is 0 Å². The minimum Gasteiger partial charge on any atom is -0.494 e. The summed E-state index contributed by atoms with van der Waals surface area (Å²) < 4.78 is 5.72. The Bertz CT molecular complexity index is 1260. The number of ether oxygens (including phenoxy) is 1. The minimum atomic E-state index is -0.238. The molecule has 1 unspecified atom stereocenters. The number of para-hydroxylation sites is 1. The molecule has 7 heteroatoms. The van der Waals surface area contributed by atoms with Gasteiger partial charge < -0.3 is 10.1 Å². The molecule has 1 aliphatic heterocycles. The maximum atomic E-state index is 13.4. The second-order valence-corrected chi connectivity index (χ2v) is 10.0. The van der Waals surface area contributed by atoms with Crippen molar-refractivity contribution in [3.05, 3.63) is 93.9 Å². The fourth-order valence-electron chi connectivity index (χ4n) is 3.85. The first-order chi connectivity index (χ1) is 17.5. The SMILES string of the molecule is CCCCOc1ccc(C(C)NC(=O)CN2C(=O)C(=Cc3ccccc3Cl)Sc3ccccc32)cc1. The number of thioether (sulfide) groups is 1. The molecule has 186 valence electrons. The number of amides is 2. The largest absolute Gasteiger partial charge is 0.494 e. The van der Waals surface area contributed by atoms with E-state index in [1.54, 1.807) is 12.1 Å². The highest BCUT2D eigenvalue weighted by Gasteiger charge is 2.30. The van der Waals surface area contributed by atoms with Gasteiger partial charge in [-0.1, -0.05) is 79.2 Å². The number of nitrogens with one attached hydrogen (secondary N) is 1. The predicted octanol–water partition coefficient (Wildman–Crippen LogP) is 6.88. The molecule has 5 nitrogen and oxygen atoms in total. The van der Waals surface area contributed by atoms with Crippen LogP contribution >= 0.6 is 23.4 Å². The van der Waals surface area contributed by atoms with Crippen molar-refractivity contribution in [2.75, 3.05) is 18.1 Å². The lowest BCUT2D eigenvalue weighted by Crippen LogP contribution is -2.43. The summed E-state index contributed by atoms with van der Waals surface area (Å²) in [5, 5.41) is 3.59. The number of halogens is 1. The lowest BCUT2D eigenvalue weighted by Gasteiger charge is -2.30. The van der Waals surface area contributed by atoms with Crippen molar-refractivity contribution in [2.45, 2.75) is 37.6 Å². The zero-order valence-electron chi connectivity index (χ0n) is 20.4. The Balaban J connectivity index is 1.47. The van der Waals surface area contributed by atoms with Crippen molar-refractivity contribution in [1.82, 2.24) is 5.32 Å². The predicted molar refractivity (Wildman–Crippen MR) is 147 cm³/mol. The second kappa shape index (κ2) is 12.2. The van der Waals surface area contributed by atoms with E-state index in [0.29, 0.717) is 16.5 Å². The lowest BCUT2D eigenvalue weighted by molar-refractivity contribution is -0.122. The van der Waals surface area contributed by atoms with Crippen LogP contribution in [0, 0.1) is 0 Å². The average Bonchev–Trinajstić information content (AvgIpc) is 2.88. The first kappa shape index (κ1) is 25.9. The monoisotopic (exact) mass is 520 g/mol. The van der Waals surface area contributed by atoms with E-state index in [1.807, 2.05) is 73.7 Å². The maximum Gasteiger partial charge on any atom is 0.265 e. The quantitative estimate of drug-likeness (QED) is 0.247. The highest BCUT2D eigenvalue weighted by Crippen LogP contribution is 2.42. The second-order valence-electron chi connectivity index (χ2n) is 8.55. The number of anilines is 1. The molecule has 0 aromatic heterocycles. The molecule has 0 bridgehead atoms. The van der Waals surface area contributed by atoms with Crippen LogP contribution in [-0.2, 0) is 9.59 Å². The summed E-state index contributed by atoms with van der Waals surface area (Å²) in [6, 6.07) is 22.5. The normalized spacial score (nSPS) is 14.9. The summed E-state index contributed by atoms with van der Waals surface area (Å²) in [4.78, 5) is 29.4. The summed E-state index contributed by atoms with van der Waals surface area (Å²) in [5.41, 5.74) is 2.45. The van der Waals surface area contributed by atoms with Gasteiger partial charge in [0.2, 0.25) is 5.91 Å². The Hall–Kier alpha value is -3.22. The van der Waals surface area contributed by atoms with Gasteiger partial charge in [0.25, 0.3) is 5.91 Å². The van der Waals surface area contributed by atoms with Crippen molar-refractivity contribution in [1.29, 1.82) is 0 Å². The zero-order chi connectivity index (χ0) is 25.5. The van der Waals surface area contributed by atoms with Crippen LogP contribution in [-0.4, -0.2) is 25.0 Å². The lowest BCUT2D eigenvalue weighted by atomic mass is 10.1. The number of rotatable bonds is 9. The number of carbonyl (C=O) groups excluding carboxylic acids is 2. The molecule has 36 heavy (non-hydrogen) atoms. The van der Waals surface area contributed by atoms with E-state index in [1.165, 1.54) is 16.7 Å². The van der Waals surface area contributed by atoms with Crippen molar-refractivity contribution in [3.63, 3.8) is 0 Å². The topological polar surface area (TPSA) is 58.6 Å². The fraction of sp³-hybridized carbons (Fsp3) is 0.241. The molecule has 4 rings (SSSR count). The van der Waals surface area contributed by atoms with Gasteiger partial charge in [0, 0.05) is 9.92 Å². The van der Waals surface area contributed by atoms with E-state index in [4.69, 9.17) is 16.3 Å². The minimum absolute atomic E-state index is 0.0845. The summed E-state index contributed by atoms with van der Waals surface area (Å²) in [5.74, 6) is 0.351. The summed E-state index contributed by atoms with van der Waals surface area (Å²) in [7, 11) is 0. The van der Waals surface area contributed by atoms with Gasteiger partial charge in [-0.25, -0.2) is 0 Å². The Labute approximate surface area is 221 Å². The highest BCUT2D eigenvalue weighted by atomic mass is 35.5. The molecule has 2 amide bonds. The Morgan fingerprint density at radius 2 is 1.81 bits per heavy atom. The third kappa shape index (κ3) is 6.31. The number of fused-ring (bicyclic) bond motifs is 1. The number of hydrogen-bond donors (Lipinski definition) is 1. The first-order valence-electron chi connectivity index (χ1n) is 12.0. The van der Waals surface area contributed by atoms with Gasteiger partial charge in [-0.05, 0) is 60.9 Å². The van der Waals surface area contributed by atoms with Crippen LogP contribution < -0.4 is 15.0 Å². The van der Waals surface area contributed by atoms with Crippen LogP contribution in [0.15, 0.2) is 82.6 Å². The van der Waals surface area contributed by atoms with E-state index < -0.39 is 0 Å². The third-order valence-corrected chi connectivity index (χ3v) is 7.27. The number of benzene rings is 3. The molecule has 1 heterocycles. The average molecular weight is 521 g/mol. The molecule has 0 radical (unpaired) electrons. The van der Waals surface area contributed by atoms with Gasteiger partial charge >= 0.3 is 0 Å². The molecule has 0 fully saturated rings. The number of nitrogens with zero attached hydrogens (tertiary/aromatic N) is 1. The van der Waals surface area contributed by atoms with E-state index in [2.05, 4.69) is 12.2 Å². The summed E-state index contributed by atoms with van der Waals surface area (Å²) in [6.07, 6.45) is 3.88. The number of carbonyl (C=O) groups is 2. The molecule has 0 spiro atoms. The van der Waals surface area contributed by atoms with Gasteiger partial charge in [-0.2, -0.15) is 0 Å². The van der Waals surface area contributed by atoms with E-state index in [0.717, 1.165) is 40.3 Å². The van der Waals surface area contributed by atoms with Crippen molar-refractivity contribution in [3.8, 4) is 5.75 Å². The molecule has 0 aliphatic carbocycles. The van der Waals surface area contributed by atoms with E-state index in [-0.39, 0.29) is 24.4 Å². The molecule has 3 aromatic rings. The van der Waals surface area contributed by atoms with Crippen molar-refractivity contribution in [2.24, 2.45) is 0 Å². The third-order valence-electron chi connectivity index (χ3n) is 5.85. The molecule has 1 atom stereocenters. The highest BCUT2D eigenvalue weighted by molar-refractivity contribution is 8.04. The molecule has 1 aliphatic rings. The van der Waals surface area contributed by atoms with Crippen LogP contribution in [0.2, 0.25) is 5.02 Å². The van der Waals surface area contributed by atoms with Crippen molar-refractivity contribution < 1.29 is 14.3 Å². The zero-order valence-corrected chi connectivity index (χ0v) is 21.9. The molecule has 3 aromatic carbocycles. The van der Waals surface area contributed by atoms with Gasteiger partial charge in [0.15, 0.2) is 0 Å². The van der Waals surface area contributed by atoms with Crippen LogP contribution in [0.25, 0.3) is 6.08 Å². The Morgan fingerprint density at radius 3 is 2.56 bits per heavy atom. The smallest absolute Gasteiger partial charge is 0.265 e. The summed E-state index contributed by atoms with van der Waals surface area (Å²) in [6.45, 7) is 4.66. The molecule has 0 saturated heterocycles. The van der Waals surface area contributed by atoms with E-state index in [9.17, 15) is 9.59 Å². The molecular weight excluding hydrogens is 492 g/mol. The number of unbranched alkanes of at least 4 members (excludes halogenated alkanes) is 1. The van der Waals surface area contributed by atoms with Gasteiger partial charge in [-0.15, -0.1) is 0 Å². The fourth-order valence-corrected chi connectivity index (χ4v) is 5.09. The van der Waals surface area contributed by atoms with Crippen LogP contribution in [0.3, 0.4) is 0 Å². The molecule has 1 N–H and O–H groups in total. The number of hydrogen-bond acceptors (Lipinski definition) is 4. The first-order valence-corrected chi connectivity index (χ1v) is 13.2. The standard InChI is InChI=1S/C29H29ClN2O3S/c1-3-4-17-35-23-15-13-21(14-16-23)20(2)31-28(33)19-32-25-11-7-8-12-26(25)36-27(29(32)34)18-22-9-5-6-10-24(22)30/h5-16,18,20H,3-4,17,19H2,1-2H3,(H,31,33). The maximum absolute atomic E-state index is 13.4. The Morgan fingerprint density at radius 1 is 1.08 bits per heavy atom. The molecular formula is C29H29ClN2O3S. The van der Waals surface area contributed by atoms with Gasteiger partial charge in [0.1, 0.15) is 12.3 Å². The van der Waals surface area contributed by atoms with Gasteiger partial charge in [-0.3, -0.25) is 14.5 Å². The molecule has 0 saturated carbocycles. The van der Waals surface area contributed by atoms with Crippen LogP contribution in [0.5, 0.6) is 5.75 Å². The van der Waals surface area contributed by atoms with Crippen LogP contribution in [0.1, 0.15) is 43.9 Å². The van der Waals surface area contributed by atoms with Crippen molar-refractivity contribution >= 4 is 46.9 Å². The van der Waals surface area contributed by atoms with Gasteiger partial charge in [0.05, 0.1) is 23.2 Å².